The Balaban J connectivity index is 2.13. The van der Waals surface area contributed by atoms with Gasteiger partial charge < -0.3 is 10.1 Å². The van der Waals surface area contributed by atoms with E-state index in [1.807, 2.05) is 0 Å². The third-order valence-electron chi connectivity index (χ3n) is 2.74. The van der Waals surface area contributed by atoms with E-state index in [0.717, 1.165) is 5.56 Å². The smallest absolute Gasteiger partial charge is 0.148 e. The highest BCUT2D eigenvalue weighted by Crippen LogP contribution is 2.25. The van der Waals surface area contributed by atoms with Crippen molar-refractivity contribution in [2.75, 3.05) is 11.9 Å². The predicted octanol–water partition coefficient (Wildman–Crippen LogP) is 4.76. The number of hydrogen-bond acceptors (Lipinski definition) is 2. The quantitative estimate of drug-likeness (QED) is 0.801. The second-order valence-electron chi connectivity index (χ2n) is 4.23. The fourth-order valence-corrected chi connectivity index (χ4v) is 2.13. The third kappa shape index (κ3) is 4.29. The monoisotopic (exact) mass is 323 g/mol. The van der Waals surface area contributed by atoms with Crippen molar-refractivity contribution >= 4 is 28.9 Å². The lowest BCUT2D eigenvalue weighted by molar-refractivity contribution is 0.366. The molecular weight excluding hydrogens is 312 g/mol. The molecule has 0 spiro atoms. The molecule has 1 N–H and O–H groups in total. The highest BCUT2D eigenvalue weighted by Gasteiger charge is 2.06. The molecule has 0 aliphatic heterocycles. The highest BCUT2D eigenvalue weighted by atomic mass is 35.5. The lowest BCUT2D eigenvalue weighted by atomic mass is 10.2. The third-order valence-corrected chi connectivity index (χ3v) is 3.26. The molecule has 0 bridgehead atoms. The van der Waals surface area contributed by atoms with Gasteiger partial charge in [0.15, 0.2) is 0 Å². The molecule has 0 aromatic heterocycles. The van der Waals surface area contributed by atoms with E-state index in [9.17, 15) is 4.39 Å². The Hall–Kier alpha value is -1.89. The molecule has 0 heterocycles. The van der Waals surface area contributed by atoms with Crippen LogP contribution >= 0.6 is 23.2 Å². The molecule has 0 radical (unpaired) electrons. The minimum atomic E-state index is -0.456. The van der Waals surface area contributed by atoms with Crippen molar-refractivity contribution in [3.63, 3.8) is 0 Å². The second kappa shape index (κ2) is 7.21. The average Bonchev–Trinajstić information content (AvgIpc) is 2.47. The maximum absolute atomic E-state index is 13.1. The number of nitrogens with one attached hydrogen (secondary N) is 1. The van der Waals surface area contributed by atoms with Gasteiger partial charge in [-0.3, -0.25) is 0 Å². The standard InChI is InChI=1S/C16H12Cl2FNO/c1-2-7-21-16-6-3-12(17)8-11(16)10-20-13-4-5-15(19)14(18)9-13/h1,3-6,8-9,20H,7,10H2. The second-order valence-corrected chi connectivity index (χ2v) is 5.07. The Morgan fingerprint density at radius 2 is 2.00 bits per heavy atom. The van der Waals surface area contributed by atoms with Crippen LogP contribution in [-0.4, -0.2) is 6.61 Å². The van der Waals surface area contributed by atoms with Gasteiger partial charge in [-0.25, -0.2) is 4.39 Å². The molecule has 5 heteroatoms. The summed E-state index contributed by atoms with van der Waals surface area (Å²) in [7, 11) is 0. The summed E-state index contributed by atoms with van der Waals surface area (Å²) in [5, 5.41) is 3.79. The summed E-state index contributed by atoms with van der Waals surface area (Å²) < 4.78 is 18.6. The number of anilines is 1. The van der Waals surface area contributed by atoms with Crippen molar-refractivity contribution in [1.82, 2.24) is 0 Å². The van der Waals surface area contributed by atoms with Crippen LogP contribution in [0.2, 0.25) is 10.0 Å². The molecule has 2 nitrogen and oxygen atoms in total. The van der Waals surface area contributed by atoms with Gasteiger partial charge in [0.2, 0.25) is 0 Å². The average molecular weight is 324 g/mol. The first-order valence-corrected chi connectivity index (χ1v) is 6.89. The number of halogens is 3. The van der Waals surface area contributed by atoms with Crippen molar-refractivity contribution in [2.24, 2.45) is 0 Å². The van der Waals surface area contributed by atoms with E-state index < -0.39 is 5.82 Å². The van der Waals surface area contributed by atoms with E-state index in [-0.39, 0.29) is 11.6 Å². The molecule has 0 amide bonds. The van der Waals surface area contributed by atoms with Crippen LogP contribution in [0.5, 0.6) is 5.75 Å². The van der Waals surface area contributed by atoms with Crippen LogP contribution in [0.25, 0.3) is 0 Å². The zero-order chi connectivity index (χ0) is 15.2. The van der Waals surface area contributed by atoms with Crippen LogP contribution in [0.3, 0.4) is 0 Å². The Kier molecular flexibility index (Phi) is 5.32. The Morgan fingerprint density at radius 3 is 2.71 bits per heavy atom. The molecule has 0 aliphatic rings. The van der Waals surface area contributed by atoms with Gasteiger partial charge >= 0.3 is 0 Å². The van der Waals surface area contributed by atoms with Gasteiger partial charge in [-0.15, -0.1) is 6.42 Å². The van der Waals surface area contributed by atoms with Crippen LogP contribution in [0.1, 0.15) is 5.56 Å². The number of hydrogen-bond donors (Lipinski definition) is 1. The zero-order valence-electron chi connectivity index (χ0n) is 11.0. The fraction of sp³-hybridized carbons (Fsp3) is 0.125. The molecule has 2 aromatic carbocycles. The van der Waals surface area contributed by atoms with Crippen LogP contribution in [0.4, 0.5) is 10.1 Å². The van der Waals surface area contributed by atoms with Crippen molar-refractivity contribution in [3.05, 3.63) is 57.8 Å². The van der Waals surface area contributed by atoms with Gasteiger partial charge in [0.1, 0.15) is 18.2 Å². The van der Waals surface area contributed by atoms with E-state index >= 15 is 0 Å². The van der Waals surface area contributed by atoms with Gasteiger partial charge in [0.25, 0.3) is 0 Å². The number of ether oxygens (including phenoxy) is 1. The molecule has 2 aromatic rings. The molecule has 0 fully saturated rings. The van der Waals surface area contributed by atoms with E-state index in [1.165, 1.54) is 12.1 Å². The molecule has 2 rings (SSSR count). The summed E-state index contributed by atoms with van der Waals surface area (Å²) >= 11 is 11.7. The SMILES string of the molecule is C#CCOc1ccc(Cl)cc1CNc1ccc(F)c(Cl)c1. The Bertz CT molecular complexity index is 682. The predicted molar refractivity (Wildman–Crippen MR) is 84.5 cm³/mol. The summed E-state index contributed by atoms with van der Waals surface area (Å²) in [6.45, 7) is 0.624. The Labute approximate surface area is 132 Å². The van der Waals surface area contributed by atoms with Gasteiger partial charge in [-0.1, -0.05) is 29.1 Å². The lowest BCUT2D eigenvalue weighted by Crippen LogP contribution is -2.04. The summed E-state index contributed by atoms with van der Waals surface area (Å²) in [6.07, 6.45) is 5.19. The van der Waals surface area contributed by atoms with Gasteiger partial charge in [0, 0.05) is 22.8 Å². The van der Waals surface area contributed by atoms with E-state index in [4.69, 9.17) is 34.4 Å². The summed E-state index contributed by atoms with van der Waals surface area (Å²) in [6, 6.07) is 9.70. The molecule has 0 atom stereocenters. The maximum atomic E-state index is 13.1. The molecule has 0 aliphatic carbocycles. The largest absolute Gasteiger partial charge is 0.481 e. The van der Waals surface area contributed by atoms with E-state index in [1.54, 1.807) is 24.3 Å². The molecule has 0 saturated carbocycles. The van der Waals surface area contributed by atoms with Crippen molar-refractivity contribution in [1.29, 1.82) is 0 Å². The van der Waals surface area contributed by atoms with Gasteiger partial charge in [-0.05, 0) is 36.4 Å². The number of rotatable bonds is 5. The normalized spacial score (nSPS) is 10.0. The summed E-state index contributed by atoms with van der Waals surface area (Å²) in [5.41, 5.74) is 1.54. The van der Waals surface area contributed by atoms with Crippen molar-refractivity contribution in [3.8, 4) is 18.1 Å². The van der Waals surface area contributed by atoms with Crippen LogP contribution in [-0.2, 0) is 6.54 Å². The summed E-state index contributed by atoms with van der Waals surface area (Å²) in [5.74, 6) is 2.61. The number of benzene rings is 2. The topological polar surface area (TPSA) is 21.3 Å². The highest BCUT2D eigenvalue weighted by molar-refractivity contribution is 6.31. The number of terminal acetylenes is 1. The minimum absolute atomic E-state index is 0.0647. The van der Waals surface area contributed by atoms with Crippen molar-refractivity contribution < 1.29 is 9.13 Å². The summed E-state index contributed by atoms with van der Waals surface area (Å²) in [4.78, 5) is 0. The molecule has 21 heavy (non-hydrogen) atoms. The Morgan fingerprint density at radius 1 is 1.19 bits per heavy atom. The van der Waals surface area contributed by atoms with Crippen LogP contribution in [0.15, 0.2) is 36.4 Å². The molecule has 108 valence electrons. The van der Waals surface area contributed by atoms with Crippen LogP contribution < -0.4 is 10.1 Å². The lowest BCUT2D eigenvalue weighted by Gasteiger charge is -2.12. The van der Waals surface area contributed by atoms with E-state index in [2.05, 4.69) is 11.2 Å². The van der Waals surface area contributed by atoms with Gasteiger partial charge in [-0.2, -0.15) is 0 Å². The fourth-order valence-electron chi connectivity index (χ4n) is 1.75. The first kappa shape index (κ1) is 15.5. The van der Waals surface area contributed by atoms with Crippen molar-refractivity contribution in [2.45, 2.75) is 6.54 Å². The first-order chi connectivity index (χ1) is 10.1. The zero-order valence-corrected chi connectivity index (χ0v) is 12.5. The van der Waals surface area contributed by atoms with Gasteiger partial charge in [0.05, 0.1) is 5.02 Å². The van der Waals surface area contributed by atoms with Crippen LogP contribution in [0, 0.1) is 18.2 Å². The first-order valence-electron chi connectivity index (χ1n) is 6.14. The molecule has 0 unspecified atom stereocenters. The molecular formula is C16H12Cl2FNO. The van der Waals surface area contributed by atoms with E-state index in [0.29, 0.717) is 23.0 Å². The maximum Gasteiger partial charge on any atom is 0.148 e. The minimum Gasteiger partial charge on any atom is -0.481 e. The molecule has 0 saturated heterocycles.